The second-order valence-electron chi connectivity index (χ2n) is 3.50. The molecular weight excluding hydrogens is 224 g/mol. The molecule has 1 N–H and O–H groups in total. The van der Waals surface area contributed by atoms with Crippen molar-refractivity contribution in [3.05, 3.63) is 38.0 Å². The molecule has 0 fully saturated rings. The molecule has 15 heavy (non-hydrogen) atoms. The van der Waals surface area contributed by atoms with E-state index in [1.807, 2.05) is 25.3 Å². The summed E-state index contributed by atoms with van der Waals surface area (Å²) in [5.74, 6) is 0. The minimum Gasteiger partial charge on any atom is -0.307 e. The molecule has 4 heteroatoms. The molecule has 2 rings (SSSR count). The van der Waals surface area contributed by atoms with Crippen LogP contribution < -0.4 is 5.32 Å². The van der Waals surface area contributed by atoms with Crippen molar-refractivity contribution in [3.63, 3.8) is 0 Å². The van der Waals surface area contributed by atoms with Gasteiger partial charge in [0.2, 0.25) is 0 Å². The zero-order valence-corrected chi connectivity index (χ0v) is 10.7. The van der Waals surface area contributed by atoms with E-state index in [9.17, 15) is 0 Å². The minimum atomic E-state index is 0.252. The fourth-order valence-corrected chi connectivity index (χ4v) is 3.49. The van der Waals surface area contributed by atoms with Gasteiger partial charge in [0.15, 0.2) is 0 Å². The Kier molecular flexibility index (Phi) is 3.19. The van der Waals surface area contributed by atoms with E-state index < -0.39 is 0 Å². The molecule has 2 aromatic heterocycles. The third kappa shape index (κ3) is 2.27. The lowest BCUT2D eigenvalue weighted by molar-refractivity contribution is 0.696. The molecule has 0 saturated carbocycles. The van der Waals surface area contributed by atoms with E-state index in [0.29, 0.717) is 0 Å². The van der Waals surface area contributed by atoms with Crippen LogP contribution in [0.1, 0.15) is 26.5 Å². The Morgan fingerprint density at radius 1 is 1.33 bits per heavy atom. The predicted molar refractivity (Wildman–Crippen MR) is 66.8 cm³/mol. The first-order valence-electron chi connectivity index (χ1n) is 4.86. The van der Waals surface area contributed by atoms with Crippen LogP contribution in [0.2, 0.25) is 0 Å². The Hall–Kier alpha value is -0.710. The molecule has 0 aliphatic rings. The summed E-state index contributed by atoms with van der Waals surface area (Å²) in [5.41, 5.74) is 1.10. The van der Waals surface area contributed by atoms with Gasteiger partial charge in [0, 0.05) is 20.8 Å². The largest absolute Gasteiger partial charge is 0.307 e. The lowest BCUT2D eigenvalue weighted by atomic mass is 10.2. The lowest BCUT2D eigenvalue weighted by Gasteiger charge is -2.10. The van der Waals surface area contributed by atoms with E-state index >= 15 is 0 Å². The van der Waals surface area contributed by atoms with E-state index in [4.69, 9.17) is 0 Å². The Labute approximate surface area is 98.0 Å². The highest BCUT2D eigenvalue weighted by atomic mass is 32.1. The molecule has 1 unspecified atom stereocenters. The maximum atomic E-state index is 4.53. The molecule has 0 saturated heterocycles. The molecule has 2 nitrogen and oxygen atoms in total. The fourth-order valence-electron chi connectivity index (χ4n) is 1.50. The third-order valence-corrected chi connectivity index (χ3v) is 4.31. The number of nitrogens with zero attached hydrogens (tertiary/aromatic N) is 1. The van der Waals surface area contributed by atoms with Crippen molar-refractivity contribution >= 4 is 22.7 Å². The maximum Gasteiger partial charge on any atom is 0.115 e. The Balaban J connectivity index is 2.32. The van der Waals surface area contributed by atoms with Crippen molar-refractivity contribution in [2.75, 3.05) is 7.05 Å². The van der Waals surface area contributed by atoms with Gasteiger partial charge in [-0.15, -0.1) is 22.7 Å². The van der Waals surface area contributed by atoms with Gasteiger partial charge in [-0.25, -0.2) is 4.98 Å². The lowest BCUT2D eigenvalue weighted by Crippen LogP contribution is -2.16. The molecule has 2 heterocycles. The Bertz CT molecular complexity index is 405. The van der Waals surface area contributed by atoms with Gasteiger partial charge in [-0.2, -0.15) is 0 Å². The van der Waals surface area contributed by atoms with Crippen LogP contribution >= 0.6 is 22.7 Å². The number of hydrogen-bond acceptors (Lipinski definition) is 4. The summed E-state index contributed by atoms with van der Waals surface area (Å²) in [7, 11) is 1.98. The number of thiophene rings is 1. The van der Waals surface area contributed by atoms with Crippen LogP contribution in [0.25, 0.3) is 0 Å². The van der Waals surface area contributed by atoms with E-state index in [1.54, 1.807) is 11.3 Å². The second kappa shape index (κ2) is 4.43. The molecule has 1 atom stereocenters. The predicted octanol–water partition coefficient (Wildman–Crippen LogP) is 3.13. The van der Waals surface area contributed by atoms with Gasteiger partial charge in [-0.05, 0) is 33.0 Å². The van der Waals surface area contributed by atoms with Gasteiger partial charge in [0.25, 0.3) is 0 Å². The average molecular weight is 238 g/mol. The molecule has 0 aromatic carbocycles. The highest BCUT2D eigenvalue weighted by Gasteiger charge is 2.16. The summed E-state index contributed by atoms with van der Waals surface area (Å²) in [6.07, 6.45) is 0. The molecule has 0 bridgehead atoms. The first-order chi connectivity index (χ1) is 7.20. The van der Waals surface area contributed by atoms with Crippen molar-refractivity contribution < 1.29 is 0 Å². The molecule has 0 amide bonds. The number of nitrogens with one attached hydrogen (secondary N) is 1. The summed E-state index contributed by atoms with van der Waals surface area (Å²) in [5, 5.41) is 6.57. The SMILES string of the molecule is CNC(c1ccc(C)s1)c1nc(C)cs1. The highest BCUT2D eigenvalue weighted by molar-refractivity contribution is 7.12. The van der Waals surface area contributed by atoms with Crippen molar-refractivity contribution in [2.24, 2.45) is 0 Å². The third-order valence-electron chi connectivity index (χ3n) is 2.22. The minimum absolute atomic E-state index is 0.252. The zero-order valence-electron chi connectivity index (χ0n) is 9.07. The number of aromatic nitrogens is 1. The monoisotopic (exact) mass is 238 g/mol. The Morgan fingerprint density at radius 3 is 2.60 bits per heavy atom. The summed E-state index contributed by atoms with van der Waals surface area (Å²) in [6.45, 7) is 4.17. The van der Waals surface area contributed by atoms with Crippen molar-refractivity contribution in [3.8, 4) is 0 Å². The molecule has 2 aromatic rings. The van der Waals surface area contributed by atoms with Gasteiger partial charge in [0.1, 0.15) is 5.01 Å². The van der Waals surface area contributed by atoms with Gasteiger partial charge in [-0.1, -0.05) is 0 Å². The number of hydrogen-bond donors (Lipinski definition) is 1. The molecule has 0 radical (unpaired) electrons. The van der Waals surface area contributed by atoms with Crippen molar-refractivity contribution in [1.29, 1.82) is 0 Å². The first-order valence-corrected chi connectivity index (χ1v) is 6.56. The summed E-state index contributed by atoms with van der Waals surface area (Å²) in [6, 6.07) is 4.59. The van der Waals surface area contributed by atoms with Crippen LogP contribution in [0.15, 0.2) is 17.5 Å². The van der Waals surface area contributed by atoms with Gasteiger partial charge >= 0.3 is 0 Å². The smallest absolute Gasteiger partial charge is 0.115 e. The van der Waals surface area contributed by atoms with Crippen molar-refractivity contribution in [1.82, 2.24) is 10.3 Å². The topological polar surface area (TPSA) is 24.9 Å². The van der Waals surface area contributed by atoms with Gasteiger partial charge < -0.3 is 5.32 Å². The van der Waals surface area contributed by atoms with Crippen LogP contribution in [0, 0.1) is 13.8 Å². The van der Waals surface area contributed by atoms with E-state index in [1.165, 1.54) is 9.75 Å². The molecule has 80 valence electrons. The van der Waals surface area contributed by atoms with E-state index in [0.717, 1.165) is 10.7 Å². The normalized spacial score (nSPS) is 13.0. The van der Waals surface area contributed by atoms with Gasteiger partial charge in [-0.3, -0.25) is 0 Å². The van der Waals surface area contributed by atoms with Crippen molar-refractivity contribution in [2.45, 2.75) is 19.9 Å². The standard InChI is InChI=1S/C11H14N2S2/c1-7-6-14-11(13-7)10(12-3)9-5-4-8(2)15-9/h4-6,10,12H,1-3H3. The highest BCUT2D eigenvalue weighted by Crippen LogP contribution is 2.29. The molecular formula is C11H14N2S2. The van der Waals surface area contributed by atoms with Crippen LogP contribution in [-0.4, -0.2) is 12.0 Å². The summed E-state index contributed by atoms with van der Waals surface area (Å²) in [4.78, 5) is 7.21. The number of thiazole rings is 1. The maximum absolute atomic E-state index is 4.53. The second-order valence-corrected chi connectivity index (χ2v) is 5.71. The number of aryl methyl sites for hydroxylation is 2. The van der Waals surface area contributed by atoms with E-state index in [2.05, 4.69) is 34.7 Å². The van der Waals surface area contributed by atoms with Crippen LogP contribution in [-0.2, 0) is 0 Å². The molecule has 0 aliphatic heterocycles. The number of rotatable bonds is 3. The molecule has 0 aliphatic carbocycles. The zero-order chi connectivity index (χ0) is 10.8. The van der Waals surface area contributed by atoms with Crippen LogP contribution in [0.5, 0.6) is 0 Å². The Morgan fingerprint density at radius 2 is 2.13 bits per heavy atom. The van der Waals surface area contributed by atoms with Crippen LogP contribution in [0.3, 0.4) is 0 Å². The molecule has 0 spiro atoms. The first kappa shape index (κ1) is 10.8. The van der Waals surface area contributed by atoms with E-state index in [-0.39, 0.29) is 6.04 Å². The average Bonchev–Trinajstić information content (AvgIpc) is 2.78. The summed E-state index contributed by atoms with van der Waals surface area (Å²) < 4.78 is 0. The summed E-state index contributed by atoms with van der Waals surface area (Å²) >= 11 is 3.55. The van der Waals surface area contributed by atoms with Crippen LogP contribution in [0.4, 0.5) is 0 Å². The van der Waals surface area contributed by atoms with Gasteiger partial charge in [0.05, 0.1) is 6.04 Å². The quantitative estimate of drug-likeness (QED) is 0.888. The fraction of sp³-hybridized carbons (Fsp3) is 0.364.